The van der Waals surface area contributed by atoms with Crippen molar-refractivity contribution in [2.75, 3.05) is 6.54 Å². The molecule has 1 rings (SSSR count). The average molecular weight is 185 g/mol. The molecular formula is C10H13F2N. The van der Waals surface area contributed by atoms with Crippen molar-refractivity contribution < 1.29 is 8.78 Å². The van der Waals surface area contributed by atoms with E-state index in [0.717, 1.165) is 6.07 Å². The highest BCUT2D eigenvalue weighted by Crippen LogP contribution is 2.11. The van der Waals surface area contributed by atoms with Gasteiger partial charge in [-0.3, -0.25) is 0 Å². The predicted octanol–water partition coefficient (Wildman–Crippen LogP) is 2.10. The Kier molecular flexibility index (Phi) is 3.37. The van der Waals surface area contributed by atoms with Gasteiger partial charge in [0, 0.05) is 6.07 Å². The van der Waals surface area contributed by atoms with E-state index in [1.165, 1.54) is 12.1 Å². The van der Waals surface area contributed by atoms with Crippen LogP contribution >= 0.6 is 0 Å². The van der Waals surface area contributed by atoms with Gasteiger partial charge in [-0.25, -0.2) is 8.78 Å². The Hall–Kier alpha value is -0.960. The largest absolute Gasteiger partial charge is 0.330 e. The maximum atomic E-state index is 12.7. The molecule has 0 fully saturated rings. The normalized spacial score (nSPS) is 12.9. The van der Waals surface area contributed by atoms with Crippen LogP contribution in [0, 0.1) is 17.6 Å². The first-order valence-corrected chi connectivity index (χ1v) is 4.27. The SMILES string of the molecule is CC(CN)Cc1cc(F)cc(F)c1. The Bertz CT molecular complexity index is 266. The molecule has 0 heterocycles. The van der Waals surface area contributed by atoms with Gasteiger partial charge in [0.05, 0.1) is 0 Å². The van der Waals surface area contributed by atoms with E-state index in [9.17, 15) is 8.78 Å². The minimum atomic E-state index is -0.528. The zero-order chi connectivity index (χ0) is 9.84. The molecule has 1 aromatic rings. The fourth-order valence-electron chi connectivity index (χ4n) is 1.21. The van der Waals surface area contributed by atoms with Crippen molar-refractivity contribution in [2.45, 2.75) is 13.3 Å². The first-order chi connectivity index (χ1) is 6.11. The lowest BCUT2D eigenvalue weighted by atomic mass is 10.0. The molecule has 1 nitrogen and oxygen atoms in total. The summed E-state index contributed by atoms with van der Waals surface area (Å²) in [4.78, 5) is 0. The third-order valence-corrected chi connectivity index (χ3v) is 1.91. The first-order valence-electron chi connectivity index (χ1n) is 4.27. The van der Waals surface area contributed by atoms with Crippen molar-refractivity contribution in [3.05, 3.63) is 35.4 Å². The van der Waals surface area contributed by atoms with E-state index in [1.807, 2.05) is 6.92 Å². The van der Waals surface area contributed by atoms with Gasteiger partial charge in [-0.2, -0.15) is 0 Å². The molecule has 2 N–H and O–H groups in total. The van der Waals surface area contributed by atoms with Crippen LogP contribution in [0.4, 0.5) is 8.78 Å². The van der Waals surface area contributed by atoms with Gasteiger partial charge in [0.15, 0.2) is 0 Å². The number of hydrogen-bond acceptors (Lipinski definition) is 1. The minimum absolute atomic E-state index is 0.251. The molecule has 0 aliphatic heterocycles. The van der Waals surface area contributed by atoms with Gasteiger partial charge in [-0.05, 0) is 36.6 Å². The number of hydrogen-bond donors (Lipinski definition) is 1. The Labute approximate surface area is 76.6 Å². The van der Waals surface area contributed by atoms with Crippen LogP contribution in [-0.4, -0.2) is 6.54 Å². The fourth-order valence-corrected chi connectivity index (χ4v) is 1.21. The van der Waals surface area contributed by atoms with Gasteiger partial charge >= 0.3 is 0 Å². The Morgan fingerprint density at radius 2 is 1.77 bits per heavy atom. The Balaban J connectivity index is 2.77. The standard InChI is InChI=1S/C10H13F2N/c1-7(6-13)2-8-3-9(11)5-10(12)4-8/h3-5,7H,2,6,13H2,1H3. The summed E-state index contributed by atoms with van der Waals surface area (Å²) in [6, 6.07) is 3.56. The summed E-state index contributed by atoms with van der Waals surface area (Å²) < 4.78 is 25.4. The minimum Gasteiger partial charge on any atom is -0.330 e. The molecule has 0 amide bonds. The van der Waals surface area contributed by atoms with Crippen molar-refractivity contribution in [2.24, 2.45) is 11.7 Å². The molecule has 0 aliphatic carbocycles. The van der Waals surface area contributed by atoms with Crippen LogP contribution in [0.5, 0.6) is 0 Å². The van der Waals surface area contributed by atoms with Crippen molar-refractivity contribution in [1.82, 2.24) is 0 Å². The van der Waals surface area contributed by atoms with E-state index in [2.05, 4.69) is 0 Å². The molecule has 72 valence electrons. The van der Waals surface area contributed by atoms with Crippen molar-refractivity contribution >= 4 is 0 Å². The van der Waals surface area contributed by atoms with Gasteiger partial charge in [-0.1, -0.05) is 6.92 Å². The van der Waals surface area contributed by atoms with E-state index < -0.39 is 11.6 Å². The Morgan fingerprint density at radius 1 is 1.23 bits per heavy atom. The van der Waals surface area contributed by atoms with E-state index in [-0.39, 0.29) is 5.92 Å². The predicted molar refractivity (Wildman–Crippen MR) is 48.3 cm³/mol. The summed E-state index contributed by atoms with van der Waals surface area (Å²) >= 11 is 0. The zero-order valence-corrected chi connectivity index (χ0v) is 7.56. The summed E-state index contributed by atoms with van der Waals surface area (Å²) in [7, 11) is 0. The molecule has 0 aliphatic rings. The van der Waals surface area contributed by atoms with Crippen LogP contribution in [0.3, 0.4) is 0 Å². The molecule has 1 atom stereocenters. The first kappa shape index (κ1) is 10.1. The monoisotopic (exact) mass is 185 g/mol. The highest BCUT2D eigenvalue weighted by Gasteiger charge is 2.04. The highest BCUT2D eigenvalue weighted by atomic mass is 19.1. The molecule has 0 aromatic heterocycles. The number of benzene rings is 1. The van der Waals surface area contributed by atoms with Gasteiger partial charge in [0.25, 0.3) is 0 Å². The lowest BCUT2D eigenvalue weighted by molar-refractivity contribution is 0.561. The van der Waals surface area contributed by atoms with Crippen LogP contribution in [0.25, 0.3) is 0 Å². The maximum absolute atomic E-state index is 12.7. The second-order valence-electron chi connectivity index (χ2n) is 3.32. The quantitative estimate of drug-likeness (QED) is 0.766. The van der Waals surface area contributed by atoms with Gasteiger partial charge in [0.1, 0.15) is 11.6 Å². The van der Waals surface area contributed by atoms with Crippen LogP contribution in [0.15, 0.2) is 18.2 Å². The van der Waals surface area contributed by atoms with Crippen LogP contribution in [0.1, 0.15) is 12.5 Å². The lowest BCUT2D eigenvalue weighted by Crippen LogP contribution is -2.13. The maximum Gasteiger partial charge on any atom is 0.126 e. The fraction of sp³-hybridized carbons (Fsp3) is 0.400. The van der Waals surface area contributed by atoms with Crippen molar-refractivity contribution in [3.63, 3.8) is 0 Å². The van der Waals surface area contributed by atoms with Gasteiger partial charge in [-0.15, -0.1) is 0 Å². The molecular weight excluding hydrogens is 172 g/mol. The van der Waals surface area contributed by atoms with E-state index in [1.54, 1.807) is 0 Å². The second kappa shape index (κ2) is 4.33. The topological polar surface area (TPSA) is 26.0 Å². The number of halogens is 2. The van der Waals surface area contributed by atoms with Crippen molar-refractivity contribution in [1.29, 1.82) is 0 Å². The van der Waals surface area contributed by atoms with Gasteiger partial charge < -0.3 is 5.73 Å². The summed E-state index contributed by atoms with van der Waals surface area (Å²) in [5.41, 5.74) is 6.07. The molecule has 0 saturated carbocycles. The molecule has 0 radical (unpaired) electrons. The molecule has 1 aromatic carbocycles. The smallest absolute Gasteiger partial charge is 0.126 e. The van der Waals surface area contributed by atoms with E-state index >= 15 is 0 Å². The molecule has 0 bridgehead atoms. The summed E-state index contributed by atoms with van der Waals surface area (Å²) in [5, 5.41) is 0. The van der Waals surface area contributed by atoms with E-state index in [4.69, 9.17) is 5.73 Å². The number of rotatable bonds is 3. The summed E-state index contributed by atoms with van der Waals surface area (Å²) in [5.74, 6) is -0.806. The average Bonchev–Trinajstić information content (AvgIpc) is 2.02. The summed E-state index contributed by atoms with van der Waals surface area (Å²) in [6.07, 6.45) is 0.616. The van der Waals surface area contributed by atoms with Crippen LogP contribution in [0.2, 0.25) is 0 Å². The van der Waals surface area contributed by atoms with Gasteiger partial charge in [0.2, 0.25) is 0 Å². The lowest BCUT2D eigenvalue weighted by Gasteiger charge is -2.07. The molecule has 0 saturated heterocycles. The van der Waals surface area contributed by atoms with Crippen LogP contribution < -0.4 is 5.73 Å². The van der Waals surface area contributed by atoms with Crippen molar-refractivity contribution in [3.8, 4) is 0 Å². The highest BCUT2D eigenvalue weighted by molar-refractivity contribution is 5.18. The van der Waals surface area contributed by atoms with E-state index in [0.29, 0.717) is 18.5 Å². The Morgan fingerprint density at radius 3 is 2.23 bits per heavy atom. The van der Waals surface area contributed by atoms with Crippen LogP contribution in [-0.2, 0) is 6.42 Å². The molecule has 1 unspecified atom stereocenters. The zero-order valence-electron chi connectivity index (χ0n) is 7.56. The molecule has 13 heavy (non-hydrogen) atoms. The molecule has 0 spiro atoms. The number of nitrogens with two attached hydrogens (primary N) is 1. The third kappa shape index (κ3) is 3.11. The molecule has 3 heteroatoms. The second-order valence-corrected chi connectivity index (χ2v) is 3.32. The third-order valence-electron chi connectivity index (χ3n) is 1.91. The summed E-state index contributed by atoms with van der Waals surface area (Å²) in [6.45, 7) is 2.47.